The van der Waals surface area contributed by atoms with Crippen LogP contribution in [-0.2, 0) is 0 Å². The van der Waals surface area contributed by atoms with Crippen LogP contribution in [0, 0.1) is 0 Å². The second kappa shape index (κ2) is 11.3. The molecule has 0 bridgehead atoms. The van der Waals surface area contributed by atoms with Crippen LogP contribution < -0.4 is 29.6 Å². The zero-order valence-electron chi connectivity index (χ0n) is 17.6. The fourth-order valence-corrected chi connectivity index (χ4v) is 2.66. The summed E-state index contributed by atoms with van der Waals surface area (Å²) in [4.78, 5) is 0. The maximum absolute atomic E-state index is 13.2. The Kier molecular flexibility index (Phi) is 9.01. The molecule has 0 saturated carbocycles. The number of thiocarbonyl (C=S) groups is 1. The van der Waals surface area contributed by atoms with Gasteiger partial charge in [0.15, 0.2) is 29.8 Å². The average molecular weight is 516 g/mol. The summed E-state index contributed by atoms with van der Waals surface area (Å²) in [6, 6.07) is 7.75. The number of benzene rings is 2. The lowest BCUT2D eigenvalue weighted by molar-refractivity contribution is -0.153. The first kappa shape index (κ1) is 27.1. The van der Waals surface area contributed by atoms with Crippen molar-refractivity contribution in [1.82, 2.24) is 0 Å². The Morgan fingerprint density at radius 2 is 1.38 bits per heavy atom. The summed E-state index contributed by atoms with van der Waals surface area (Å²) in [6.07, 6.45) is -8.68. The normalized spacial score (nSPS) is 11.7. The smallest absolute Gasteiger partial charge is 0.422 e. The summed E-state index contributed by atoms with van der Waals surface area (Å²) in [5.74, 6) is -4.51. The highest BCUT2D eigenvalue weighted by atomic mass is 32.1. The van der Waals surface area contributed by atoms with Gasteiger partial charge in [0.05, 0.1) is 14.2 Å². The summed E-state index contributed by atoms with van der Waals surface area (Å²) in [6.45, 7) is -3.39. The molecule has 0 aliphatic carbocycles. The third-order valence-electron chi connectivity index (χ3n) is 3.93. The second-order valence-corrected chi connectivity index (χ2v) is 7.00. The molecule has 2 N–H and O–H groups in total. The van der Waals surface area contributed by atoms with Gasteiger partial charge >= 0.3 is 18.5 Å². The molecule has 0 amide bonds. The van der Waals surface area contributed by atoms with Gasteiger partial charge in [0, 0.05) is 35.6 Å². The minimum Gasteiger partial charge on any atom is -0.493 e. The monoisotopic (exact) mass is 516 g/mol. The lowest BCUT2D eigenvalue weighted by Gasteiger charge is -2.18. The molecule has 2 aromatic carbocycles. The van der Waals surface area contributed by atoms with Crippen molar-refractivity contribution in [2.75, 3.05) is 38.1 Å². The zero-order valence-corrected chi connectivity index (χ0v) is 18.5. The van der Waals surface area contributed by atoms with Crippen LogP contribution in [0.25, 0.3) is 0 Å². The lowest BCUT2D eigenvalue weighted by Crippen LogP contribution is -2.33. The van der Waals surface area contributed by atoms with Crippen molar-refractivity contribution in [3.05, 3.63) is 36.4 Å². The van der Waals surface area contributed by atoms with Crippen LogP contribution in [-0.4, -0.2) is 51.1 Å². The van der Waals surface area contributed by atoms with Crippen molar-refractivity contribution < 1.29 is 49.7 Å². The Bertz CT molecular complexity index is 990. The lowest BCUT2D eigenvalue weighted by atomic mass is 10.2. The van der Waals surface area contributed by atoms with Crippen molar-refractivity contribution in [2.24, 2.45) is 0 Å². The number of anilines is 2. The maximum Gasteiger partial charge on any atom is 0.422 e. The molecule has 0 aliphatic rings. The van der Waals surface area contributed by atoms with E-state index in [2.05, 4.69) is 20.1 Å². The van der Waals surface area contributed by atoms with Crippen LogP contribution in [0.1, 0.15) is 0 Å². The first-order valence-electron chi connectivity index (χ1n) is 9.26. The Balaban J connectivity index is 2.20. The molecule has 0 aromatic heterocycles. The highest BCUT2D eigenvalue weighted by Crippen LogP contribution is 2.32. The van der Waals surface area contributed by atoms with Gasteiger partial charge < -0.3 is 29.6 Å². The minimum absolute atomic E-state index is 0.0204. The number of ether oxygens (including phenoxy) is 4. The molecule has 0 aliphatic heterocycles. The number of hydrogen-bond donors (Lipinski definition) is 2. The molecule has 34 heavy (non-hydrogen) atoms. The van der Waals surface area contributed by atoms with Gasteiger partial charge in [-0.05, 0) is 24.4 Å². The number of methoxy groups -OCH3 is 2. The molecule has 6 nitrogen and oxygen atoms in total. The van der Waals surface area contributed by atoms with E-state index in [9.17, 15) is 30.7 Å². The quantitative estimate of drug-likeness (QED) is 0.309. The molecule has 0 heterocycles. The van der Waals surface area contributed by atoms with Crippen LogP contribution in [0.5, 0.6) is 23.0 Å². The molecule has 0 unspecified atom stereocenters. The predicted octanol–water partition coefficient (Wildman–Crippen LogP) is 5.73. The Labute approximate surface area is 194 Å². The standard InChI is InChI=1S/C20H19F7N2O4S/c1-30-15-4-3-11(7-16(15)31-2)28-18(34)29-12-5-13(32-9-19(23,24)17(21)22)8-14(6-12)33-10-20(25,26)27/h3-8,17H,9-10H2,1-2H3,(H2,28,29,34). The number of nitrogens with one attached hydrogen (secondary N) is 2. The van der Waals surface area contributed by atoms with Crippen molar-refractivity contribution >= 4 is 28.7 Å². The van der Waals surface area contributed by atoms with Gasteiger partial charge in [-0.15, -0.1) is 0 Å². The topological polar surface area (TPSA) is 61.0 Å². The first-order valence-corrected chi connectivity index (χ1v) is 9.67. The number of halogens is 7. The van der Waals surface area contributed by atoms with E-state index in [0.717, 1.165) is 18.2 Å². The SMILES string of the molecule is COc1ccc(NC(=S)Nc2cc(OCC(F)(F)F)cc(OCC(F)(F)C(F)F)c2)cc1OC. The summed E-state index contributed by atoms with van der Waals surface area (Å²) < 4.78 is 108. The van der Waals surface area contributed by atoms with E-state index < -0.39 is 43.2 Å². The molecule has 0 spiro atoms. The third kappa shape index (κ3) is 8.32. The fourth-order valence-electron chi connectivity index (χ4n) is 2.43. The molecular weight excluding hydrogens is 497 g/mol. The molecule has 188 valence electrons. The highest BCUT2D eigenvalue weighted by Gasteiger charge is 2.41. The van der Waals surface area contributed by atoms with E-state index in [0.29, 0.717) is 17.2 Å². The van der Waals surface area contributed by atoms with Crippen molar-refractivity contribution in [3.8, 4) is 23.0 Å². The summed E-state index contributed by atoms with van der Waals surface area (Å²) in [5.41, 5.74) is 0.431. The molecule has 2 rings (SSSR count). The molecule has 0 fully saturated rings. The van der Waals surface area contributed by atoms with E-state index in [1.807, 2.05) is 0 Å². The van der Waals surface area contributed by atoms with E-state index in [4.69, 9.17) is 21.7 Å². The molecule has 0 saturated heterocycles. The van der Waals surface area contributed by atoms with Gasteiger partial charge in [-0.3, -0.25) is 0 Å². The van der Waals surface area contributed by atoms with Crippen LogP contribution in [0.3, 0.4) is 0 Å². The Morgan fingerprint density at radius 3 is 1.91 bits per heavy atom. The van der Waals surface area contributed by atoms with Crippen LogP contribution in [0.2, 0.25) is 0 Å². The second-order valence-electron chi connectivity index (χ2n) is 6.60. The zero-order chi connectivity index (χ0) is 25.5. The number of alkyl halides is 7. The average Bonchev–Trinajstić information content (AvgIpc) is 2.75. The molecule has 0 atom stereocenters. The van der Waals surface area contributed by atoms with E-state index in [1.165, 1.54) is 14.2 Å². The van der Waals surface area contributed by atoms with Crippen LogP contribution in [0.15, 0.2) is 36.4 Å². The maximum atomic E-state index is 13.2. The van der Waals surface area contributed by atoms with Gasteiger partial charge in [-0.1, -0.05) is 0 Å². The summed E-state index contributed by atoms with van der Waals surface area (Å²) >= 11 is 5.15. The summed E-state index contributed by atoms with van der Waals surface area (Å²) in [5, 5.41) is 5.36. The van der Waals surface area contributed by atoms with Gasteiger partial charge in [-0.2, -0.15) is 22.0 Å². The first-order chi connectivity index (χ1) is 15.8. The van der Waals surface area contributed by atoms with E-state index in [1.54, 1.807) is 18.2 Å². The molecular formula is C20H19F7N2O4S. The van der Waals surface area contributed by atoms with Gasteiger partial charge in [-0.25, -0.2) is 8.78 Å². The van der Waals surface area contributed by atoms with Gasteiger partial charge in [0.1, 0.15) is 11.5 Å². The van der Waals surface area contributed by atoms with Crippen molar-refractivity contribution in [1.29, 1.82) is 0 Å². The molecule has 0 radical (unpaired) electrons. The highest BCUT2D eigenvalue weighted by molar-refractivity contribution is 7.80. The Morgan fingerprint density at radius 1 is 0.824 bits per heavy atom. The Hall–Kier alpha value is -3.16. The number of hydrogen-bond acceptors (Lipinski definition) is 5. The van der Waals surface area contributed by atoms with E-state index in [-0.39, 0.29) is 10.8 Å². The molecule has 2 aromatic rings. The molecule has 14 heteroatoms. The minimum atomic E-state index is -4.68. The van der Waals surface area contributed by atoms with Crippen LogP contribution >= 0.6 is 12.2 Å². The van der Waals surface area contributed by atoms with Crippen molar-refractivity contribution in [2.45, 2.75) is 18.5 Å². The third-order valence-corrected chi connectivity index (χ3v) is 4.14. The van der Waals surface area contributed by atoms with Gasteiger partial charge in [0.2, 0.25) is 0 Å². The van der Waals surface area contributed by atoms with Crippen molar-refractivity contribution in [3.63, 3.8) is 0 Å². The van der Waals surface area contributed by atoms with E-state index >= 15 is 0 Å². The van der Waals surface area contributed by atoms with Crippen LogP contribution in [0.4, 0.5) is 42.1 Å². The van der Waals surface area contributed by atoms with Gasteiger partial charge in [0.25, 0.3) is 0 Å². The summed E-state index contributed by atoms with van der Waals surface area (Å²) in [7, 11) is 2.87. The number of rotatable bonds is 10. The largest absolute Gasteiger partial charge is 0.493 e. The predicted molar refractivity (Wildman–Crippen MR) is 114 cm³/mol. The fraction of sp³-hybridized carbons (Fsp3) is 0.350.